The lowest BCUT2D eigenvalue weighted by molar-refractivity contribution is -0.128. The fourth-order valence-corrected chi connectivity index (χ4v) is 3.61. The summed E-state index contributed by atoms with van der Waals surface area (Å²) >= 11 is 0. The highest BCUT2D eigenvalue weighted by atomic mass is 127. The molecule has 1 aromatic rings. The Labute approximate surface area is 197 Å². The van der Waals surface area contributed by atoms with E-state index < -0.39 is 0 Å². The van der Waals surface area contributed by atoms with Gasteiger partial charge in [0, 0.05) is 38.7 Å². The monoisotopic (exact) mass is 530 g/mol. The lowest BCUT2D eigenvalue weighted by atomic mass is 10.1. The first-order valence-corrected chi connectivity index (χ1v) is 10.7. The molecule has 2 aliphatic rings. The first-order chi connectivity index (χ1) is 14.1. The summed E-state index contributed by atoms with van der Waals surface area (Å²) in [4.78, 5) is 18.5. The van der Waals surface area contributed by atoms with Crippen molar-refractivity contribution < 1.29 is 14.3 Å². The molecule has 1 amide bonds. The smallest absolute Gasteiger partial charge is 0.222 e. The molecule has 0 spiro atoms. The summed E-state index contributed by atoms with van der Waals surface area (Å²) in [5.41, 5.74) is 2.30. The summed E-state index contributed by atoms with van der Waals surface area (Å²) in [7, 11) is 0. The van der Waals surface area contributed by atoms with Crippen molar-refractivity contribution in [1.29, 1.82) is 0 Å². The van der Waals surface area contributed by atoms with Crippen LogP contribution in [0.25, 0.3) is 0 Å². The zero-order valence-corrected chi connectivity index (χ0v) is 20.4. The van der Waals surface area contributed by atoms with Crippen LogP contribution >= 0.6 is 24.0 Å². The molecule has 2 atom stereocenters. The van der Waals surface area contributed by atoms with Crippen molar-refractivity contribution in [3.63, 3.8) is 0 Å². The van der Waals surface area contributed by atoms with E-state index in [-0.39, 0.29) is 42.0 Å². The molecule has 0 bridgehead atoms. The second kappa shape index (κ2) is 13.1. The summed E-state index contributed by atoms with van der Waals surface area (Å²) in [5, 5.41) is 6.71. The van der Waals surface area contributed by atoms with Gasteiger partial charge in [0.1, 0.15) is 0 Å². The number of halogens is 1. The van der Waals surface area contributed by atoms with Gasteiger partial charge in [-0.05, 0) is 37.8 Å². The van der Waals surface area contributed by atoms with E-state index in [0.717, 1.165) is 49.6 Å². The van der Waals surface area contributed by atoms with E-state index in [9.17, 15) is 4.79 Å². The largest absolute Gasteiger partial charge is 0.379 e. The van der Waals surface area contributed by atoms with Crippen LogP contribution < -0.4 is 10.6 Å². The van der Waals surface area contributed by atoms with E-state index >= 15 is 0 Å². The van der Waals surface area contributed by atoms with Crippen LogP contribution in [0.3, 0.4) is 0 Å². The Morgan fingerprint density at radius 2 is 2.23 bits per heavy atom. The maximum atomic E-state index is 11.9. The average molecular weight is 530 g/mol. The number of benzene rings is 1. The van der Waals surface area contributed by atoms with Crippen LogP contribution in [0, 0.1) is 0 Å². The third-order valence-electron chi connectivity index (χ3n) is 5.15. The zero-order valence-electron chi connectivity index (χ0n) is 18.1. The first kappa shape index (κ1) is 24.9. The molecule has 0 saturated carbocycles. The summed E-state index contributed by atoms with van der Waals surface area (Å²) in [6, 6.07) is 8.50. The van der Waals surface area contributed by atoms with Crippen LogP contribution in [0.1, 0.15) is 44.2 Å². The molecule has 2 unspecified atom stereocenters. The molecular weight excluding hydrogens is 495 g/mol. The van der Waals surface area contributed by atoms with Gasteiger partial charge in [0.25, 0.3) is 0 Å². The maximum Gasteiger partial charge on any atom is 0.222 e. The predicted molar refractivity (Wildman–Crippen MR) is 129 cm³/mol. The van der Waals surface area contributed by atoms with Crippen molar-refractivity contribution in [2.24, 2.45) is 4.99 Å². The van der Waals surface area contributed by atoms with E-state index in [1.54, 1.807) is 0 Å². The van der Waals surface area contributed by atoms with Gasteiger partial charge in [-0.15, -0.1) is 24.0 Å². The number of nitrogens with zero attached hydrogens (tertiary/aromatic N) is 2. The van der Waals surface area contributed by atoms with E-state index in [2.05, 4.69) is 42.7 Å². The van der Waals surface area contributed by atoms with Gasteiger partial charge >= 0.3 is 0 Å². The van der Waals surface area contributed by atoms with Crippen LogP contribution in [0.15, 0.2) is 29.3 Å². The molecule has 0 aromatic heterocycles. The van der Waals surface area contributed by atoms with Gasteiger partial charge in [-0.1, -0.05) is 24.3 Å². The van der Waals surface area contributed by atoms with Crippen molar-refractivity contribution in [3.05, 3.63) is 35.4 Å². The number of rotatable bonds is 9. The molecular formula is C22H35IN4O3. The topological polar surface area (TPSA) is 75.2 Å². The number of hydrogen-bond acceptors (Lipinski definition) is 4. The minimum atomic E-state index is 0. The highest BCUT2D eigenvalue weighted by Crippen LogP contribution is 2.15. The molecule has 2 fully saturated rings. The van der Waals surface area contributed by atoms with E-state index in [1.165, 1.54) is 0 Å². The lowest BCUT2D eigenvalue weighted by Crippen LogP contribution is -2.44. The van der Waals surface area contributed by atoms with Crippen LogP contribution in [0.2, 0.25) is 0 Å². The van der Waals surface area contributed by atoms with Crippen LogP contribution in [-0.2, 0) is 27.4 Å². The Bertz CT molecular complexity index is 695. The molecule has 2 heterocycles. The molecule has 8 heteroatoms. The highest BCUT2D eigenvalue weighted by Gasteiger charge is 2.20. The summed E-state index contributed by atoms with van der Waals surface area (Å²) in [5.74, 6) is 1.04. The number of aliphatic imine (C=N–C) groups is 1. The van der Waals surface area contributed by atoms with Crippen molar-refractivity contribution in [2.45, 2.75) is 58.3 Å². The minimum Gasteiger partial charge on any atom is -0.379 e. The molecule has 3 rings (SSSR count). The molecule has 30 heavy (non-hydrogen) atoms. The fraction of sp³-hybridized carbons (Fsp3) is 0.636. The van der Waals surface area contributed by atoms with Gasteiger partial charge < -0.3 is 25.0 Å². The summed E-state index contributed by atoms with van der Waals surface area (Å²) in [6.45, 7) is 9.20. The predicted octanol–water partition coefficient (Wildman–Crippen LogP) is 2.68. The number of hydrogen-bond donors (Lipinski definition) is 2. The Morgan fingerprint density at radius 3 is 2.93 bits per heavy atom. The molecule has 7 nitrogen and oxygen atoms in total. The van der Waals surface area contributed by atoms with Gasteiger partial charge in [-0.2, -0.15) is 0 Å². The normalized spacial score (nSPS) is 20.2. The lowest BCUT2D eigenvalue weighted by Gasteiger charge is -2.19. The number of carbonyl (C=O) groups is 1. The van der Waals surface area contributed by atoms with Crippen molar-refractivity contribution in [2.75, 3.05) is 32.9 Å². The number of amides is 1. The van der Waals surface area contributed by atoms with Gasteiger partial charge in [-0.3, -0.25) is 4.79 Å². The maximum absolute atomic E-state index is 11.9. The van der Waals surface area contributed by atoms with Crippen molar-refractivity contribution in [3.8, 4) is 0 Å². The Hall–Kier alpha value is -1.39. The van der Waals surface area contributed by atoms with Crippen LogP contribution in [0.5, 0.6) is 0 Å². The number of ether oxygens (including phenoxy) is 2. The van der Waals surface area contributed by atoms with Crippen molar-refractivity contribution in [1.82, 2.24) is 15.5 Å². The van der Waals surface area contributed by atoms with E-state index in [4.69, 9.17) is 14.5 Å². The zero-order chi connectivity index (χ0) is 20.5. The molecule has 2 N–H and O–H groups in total. The second-order valence-corrected chi connectivity index (χ2v) is 7.80. The number of nitrogens with one attached hydrogen (secondary N) is 2. The van der Waals surface area contributed by atoms with Crippen molar-refractivity contribution >= 4 is 35.8 Å². The second-order valence-electron chi connectivity index (χ2n) is 7.80. The van der Waals surface area contributed by atoms with Gasteiger partial charge in [0.15, 0.2) is 5.96 Å². The standard InChI is InChI=1S/C22H34N4O3.HI/c1-3-23-22(25-17(2)15-29-20-9-11-28-16-20)24-13-18-6-4-7-19(12-18)14-26-10-5-8-21(26)27;/h4,6-7,12,17,20H,3,5,8-11,13-16H2,1-2H3,(H2,23,24,25);1H. The molecule has 168 valence electrons. The Kier molecular flexibility index (Phi) is 10.9. The van der Waals surface area contributed by atoms with Gasteiger partial charge in [0.05, 0.1) is 25.9 Å². The molecule has 2 saturated heterocycles. The average Bonchev–Trinajstić information content (AvgIpc) is 3.37. The molecule has 2 aliphatic heterocycles. The first-order valence-electron chi connectivity index (χ1n) is 10.7. The molecule has 1 aromatic carbocycles. The molecule has 0 aliphatic carbocycles. The van der Waals surface area contributed by atoms with Gasteiger partial charge in [0.2, 0.25) is 5.91 Å². The fourth-order valence-electron chi connectivity index (χ4n) is 3.61. The molecule has 0 radical (unpaired) electrons. The number of guanidine groups is 1. The number of carbonyl (C=O) groups excluding carboxylic acids is 1. The minimum absolute atomic E-state index is 0. The SMILES string of the molecule is CCNC(=NCc1cccc(CN2CCCC2=O)c1)NC(C)COC1CCOC1.I. The Balaban J connectivity index is 0.00000320. The summed E-state index contributed by atoms with van der Waals surface area (Å²) < 4.78 is 11.2. The van der Waals surface area contributed by atoms with E-state index in [0.29, 0.717) is 32.7 Å². The highest BCUT2D eigenvalue weighted by molar-refractivity contribution is 14.0. The van der Waals surface area contributed by atoms with Gasteiger partial charge in [-0.25, -0.2) is 4.99 Å². The quantitative estimate of drug-likeness (QED) is 0.292. The van der Waals surface area contributed by atoms with E-state index in [1.807, 2.05) is 11.0 Å². The third kappa shape index (κ3) is 8.03. The van der Waals surface area contributed by atoms with Crippen LogP contribution in [0.4, 0.5) is 0 Å². The third-order valence-corrected chi connectivity index (χ3v) is 5.15. The Morgan fingerprint density at radius 1 is 1.40 bits per heavy atom. The summed E-state index contributed by atoms with van der Waals surface area (Å²) in [6.07, 6.45) is 2.83. The van der Waals surface area contributed by atoms with Crippen LogP contribution in [-0.4, -0.2) is 61.8 Å². The number of likely N-dealkylation sites (tertiary alicyclic amines) is 1.